The normalized spacial score (nSPS) is 18.0. The summed E-state index contributed by atoms with van der Waals surface area (Å²) in [6.07, 6.45) is -3.48. The Morgan fingerprint density at radius 2 is 1.78 bits per heavy atom. The quantitative estimate of drug-likeness (QED) is 0.560. The molecule has 5 rings (SSSR count). The second-order valence-electron chi connectivity index (χ2n) is 8.16. The van der Waals surface area contributed by atoms with Crippen LogP contribution in [-0.4, -0.2) is 40.2 Å². The smallest absolute Gasteiger partial charge is 0.419 e. The van der Waals surface area contributed by atoms with Gasteiger partial charge in [0.15, 0.2) is 17.4 Å². The molecule has 2 aliphatic rings. The lowest BCUT2D eigenvalue weighted by Gasteiger charge is -2.38. The number of fused-ring (bicyclic) bond motifs is 1. The molecule has 2 heterocycles. The number of hydrogen-bond donors (Lipinski definition) is 1. The van der Waals surface area contributed by atoms with E-state index in [1.54, 1.807) is 6.92 Å². The Morgan fingerprint density at radius 1 is 1.06 bits per heavy atom. The highest BCUT2D eigenvalue weighted by Gasteiger charge is 2.50. The number of anilines is 1. The zero-order chi connectivity index (χ0) is 23.0. The third-order valence-corrected chi connectivity index (χ3v) is 6.15. The van der Waals surface area contributed by atoms with Crippen molar-refractivity contribution < 1.29 is 36.2 Å². The van der Waals surface area contributed by atoms with Crippen molar-refractivity contribution in [3.8, 4) is 11.4 Å². The minimum absolute atomic E-state index is 0.0140. The maximum atomic E-state index is 15.2. The molecule has 2 fully saturated rings. The van der Waals surface area contributed by atoms with Crippen LogP contribution >= 0.6 is 0 Å². The zero-order valence-corrected chi connectivity index (χ0v) is 16.7. The molecule has 32 heavy (non-hydrogen) atoms. The van der Waals surface area contributed by atoms with Gasteiger partial charge >= 0.3 is 6.18 Å². The van der Waals surface area contributed by atoms with Crippen molar-refractivity contribution in [1.82, 2.24) is 9.78 Å². The maximum absolute atomic E-state index is 15.2. The van der Waals surface area contributed by atoms with E-state index in [0.717, 1.165) is 23.6 Å². The number of phenolic OH excluding ortho intramolecular Hbond substituents is 1. The molecule has 1 spiro atoms. The fourth-order valence-corrected chi connectivity index (χ4v) is 4.30. The summed E-state index contributed by atoms with van der Waals surface area (Å²) in [5, 5.41) is 14.1. The predicted molar refractivity (Wildman–Crippen MR) is 102 cm³/mol. The molecule has 1 saturated carbocycles. The molecule has 3 aromatic rings. The molecule has 1 aromatic heterocycles. The van der Waals surface area contributed by atoms with Gasteiger partial charge in [0.2, 0.25) is 0 Å². The molecule has 0 radical (unpaired) electrons. The number of rotatable bonds is 2. The number of morpholine rings is 1. The van der Waals surface area contributed by atoms with Gasteiger partial charge in [-0.25, -0.2) is 17.9 Å². The van der Waals surface area contributed by atoms with Crippen molar-refractivity contribution in [2.75, 3.05) is 24.7 Å². The van der Waals surface area contributed by atoms with Gasteiger partial charge in [-0.15, -0.1) is 0 Å². The van der Waals surface area contributed by atoms with Crippen LogP contribution in [0, 0.1) is 24.4 Å². The maximum Gasteiger partial charge on any atom is 0.419 e. The second kappa shape index (κ2) is 6.77. The van der Waals surface area contributed by atoms with Crippen LogP contribution in [0.15, 0.2) is 18.2 Å². The Kier molecular flexibility index (Phi) is 4.43. The summed E-state index contributed by atoms with van der Waals surface area (Å²) in [5.41, 5.74) is -2.37. The first-order valence-corrected chi connectivity index (χ1v) is 9.86. The van der Waals surface area contributed by atoms with Gasteiger partial charge in [-0.3, -0.25) is 0 Å². The van der Waals surface area contributed by atoms with Crippen molar-refractivity contribution in [2.45, 2.75) is 31.5 Å². The van der Waals surface area contributed by atoms with Crippen molar-refractivity contribution in [3.05, 3.63) is 46.9 Å². The highest BCUT2D eigenvalue weighted by Crippen LogP contribution is 2.47. The van der Waals surface area contributed by atoms with Crippen LogP contribution < -0.4 is 4.90 Å². The highest BCUT2D eigenvalue weighted by atomic mass is 19.4. The third-order valence-electron chi connectivity index (χ3n) is 6.15. The second-order valence-corrected chi connectivity index (χ2v) is 8.16. The molecule has 1 N–H and O–H groups in total. The molecule has 1 aliphatic heterocycles. The standard InChI is InChI=1S/C21H17F6N3O2/c1-10-11-6-15(29-4-5-32-9-20(29)2-3-20)13(22)8-14(11)30(28-10)16-7-12(21(25,26)27)17(23)19(31)18(16)24/h6-8,31H,2-5,9H2,1H3. The van der Waals surface area contributed by atoms with Gasteiger partial charge < -0.3 is 14.7 Å². The Morgan fingerprint density at radius 3 is 2.44 bits per heavy atom. The van der Waals surface area contributed by atoms with Crippen LogP contribution in [0.4, 0.5) is 32.0 Å². The summed E-state index contributed by atoms with van der Waals surface area (Å²) in [6, 6.07) is 2.80. The summed E-state index contributed by atoms with van der Waals surface area (Å²) in [5.74, 6) is -6.19. The topological polar surface area (TPSA) is 50.5 Å². The Balaban J connectivity index is 1.69. The van der Waals surface area contributed by atoms with Crippen molar-refractivity contribution in [3.63, 3.8) is 0 Å². The number of aryl methyl sites for hydroxylation is 1. The van der Waals surface area contributed by atoms with Crippen molar-refractivity contribution in [1.29, 1.82) is 0 Å². The summed E-state index contributed by atoms with van der Waals surface area (Å²) in [4.78, 5) is 1.92. The fraction of sp³-hybridized carbons (Fsp3) is 0.381. The van der Waals surface area contributed by atoms with Crippen molar-refractivity contribution >= 4 is 16.6 Å². The van der Waals surface area contributed by atoms with Gasteiger partial charge in [0.25, 0.3) is 0 Å². The van der Waals surface area contributed by atoms with E-state index < -0.39 is 40.6 Å². The monoisotopic (exact) mass is 457 g/mol. The van der Waals surface area contributed by atoms with E-state index in [9.17, 15) is 27.1 Å². The molecule has 1 saturated heterocycles. The summed E-state index contributed by atoms with van der Waals surface area (Å²) >= 11 is 0. The average molecular weight is 457 g/mol. The molecule has 1 aliphatic carbocycles. The first-order valence-electron chi connectivity index (χ1n) is 9.86. The largest absolute Gasteiger partial charge is 0.503 e. The van der Waals surface area contributed by atoms with Gasteiger partial charge in [0, 0.05) is 18.0 Å². The first-order chi connectivity index (χ1) is 15.0. The Labute approximate surface area is 177 Å². The lowest BCUT2D eigenvalue weighted by atomic mass is 10.1. The SMILES string of the molecule is Cc1nn(-c2cc(C(F)(F)F)c(F)c(O)c2F)c2cc(F)c(N3CCOCC34CC4)cc12. The summed E-state index contributed by atoms with van der Waals surface area (Å²) in [6.45, 7) is 2.92. The molecular weight excluding hydrogens is 440 g/mol. The first kappa shape index (κ1) is 20.9. The Bertz CT molecular complexity index is 1250. The molecule has 170 valence electrons. The number of ether oxygens (including phenoxy) is 1. The van der Waals surface area contributed by atoms with Crippen LogP contribution in [0.25, 0.3) is 16.6 Å². The molecule has 2 aromatic carbocycles. The van der Waals surface area contributed by atoms with E-state index in [1.165, 1.54) is 6.07 Å². The van der Waals surface area contributed by atoms with E-state index >= 15 is 4.39 Å². The summed E-state index contributed by atoms with van der Waals surface area (Å²) in [7, 11) is 0. The number of benzene rings is 2. The highest BCUT2D eigenvalue weighted by molar-refractivity contribution is 5.87. The van der Waals surface area contributed by atoms with Gasteiger partial charge in [0.1, 0.15) is 11.5 Å². The van der Waals surface area contributed by atoms with E-state index in [1.807, 2.05) is 4.90 Å². The molecule has 11 heteroatoms. The minimum atomic E-state index is -5.19. The van der Waals surface area contributed by atoms with Gasteiger partial charge in [0.05, 0.1) is 41.2 Å². The number of phenols is 1. The minimum Gasteiger partial charge on any atom is -0.503 e. The van der Waals surface area contributed by atoms with Gasteiger partial charge in [-0.05, 0) is 31.9 Å². The number of aromatic nitrogens is 2. The van der Waals surface area contributed by atoms with Crippen LogP contribution in [-0.2, 0) is 10.9 Å². The number of alkyl halides is 3. The number of hydrogen-bond acceptors (Lipinski definition) is 4. The average Bonchev–Trinajstić information content (AvgIpc) is 3.42. The Hall–Kier alpha value is -2.95. The van der Waals surface area contributed by atoms with Gasteiger partial charge in [-0.2, -0.15) is 18.3 Å². The lowest BCUT2D eigenvalue weighted by Crippen LogP contribution is -2.48. The van der Waals surface area contributed by atoms with E-state index in [0.29, 0.717) is 36.5 Å². The zero-order valence-electron chi connectivity index (χ0n) is 16.7. The van der Waals surface area contributed by atoms with Gasteiger partial charge in [-0.1, -0.05) is 0 Å². The molecule has 0 amide bonds. The molecule has 0 unspecified atom stereocenters. The molecule has 0 atom stereocenters. The van der Waals surface area contributed by atoms with E-state index in [-0.39, 0.29) is 17.1 Å². The lowest BCUT2D eigenvalue weighted by molar-refractivity contribution is -0.140. The molecule has 5 nitrogen and oxygen atoms in total. The third kappa shape index (κ3) is 3.01. The number of nitrogens with zero attached hydrogens (tertiary/aromatic N) is 3. The van der Waals surface area contributed by atoms with E-state index in [2.05, 4.69) is 5.10 Å². The van der Waals surface area contributed by atoms with E-state index in [4.69, 9.17) is 4.74 Å². The number of halogens is 6. The van der Waals surface area contributed by atoms with Crippen LogP contribution in [0.2, 0.25) is 0 Å². The molecule has 0 bridgehead atoms. The molecular formula is C21H17F6N3O2. The van der Waals surface area contributed by atoms with Crippen LogP contribution in [0.1, 0.15) is 24.1 Å². The number of aromatic hydroxyl groups is 1. The fourth-order valence-electron chi connectivity index (χ4n) is 4.30. The van der Waals surface area contributed by atoms with Crippen molar-refractivity contribution in [2.24, 2.45) is 0 Å². The summed E-state index contributed by atoms with van der Waals surface area (Å²) < 4.78 is 89.5. The predicted octanol–water partition coefficient (Wildman–Crippen LogP) is 4.84. The van der Waals surface area contributed by atoms with Crippen LogP contribution in [0.5, 0.6) is 5.75 Å². The van der Waals surface area contributed by atoms with Crippen LogP contribution in [0.3, 0.4) is 0 Å².